The third-order valence-corrected chi connectivity index (χ3v) is 11.2. The molecule has 6 atom stereocenters. The van der Waals surface area contributed by atoms with Crippen LogP contribution in [0.5, 0.6) is 11.5 Å². The Morgan fingerprint density at radius 2 is 0.918 bits per heavy atom. The number of benzene rings is 4. The van der Waals surface area contributed by atoms with Crippen molar-refractivity contribution in [2.45, 2.75) is 89.9 Å². The second-order valence-electron chi connectivity index (χ2n) is 18.7. The maximum Gasteiger partial charge on any atom is 0.341 e. The van der Waals surface area contributed by atoms with Crippen molar-refractivity contribution in [2.75, 3.05) is 41.5 Å². The van der Waals surface area contributed by atoms with Crippen molar-refractivity contribution in [1.82, 2.24) is 9.80 Å². The van der Waals surface area contributed by atoms with Crippen LogP contribution in [0.25, 0.3) is 0 Å². The average Bonchev–Trinajstić information content (AvgIpc) is 3.87. The first-order valence-electron chi connectivity index (χ1n) is 23.1. The van der Waals surface area contributed by atoms with Crippen LogP contribution >= 0.6 is 0 Å². The Labute approximate surface area is 424 Å². The van der Waals surface area contributed by atoms with Gasteiger partial charge in [0.2, 0.25) is 0 Å². The third-order valence-electron chi connectivity index (χ3n) is 11.2. The van der Waals surface area contributed by atoms with Gasteiger partial charge >= 0.3 is 35.8 Å². The number of esters is 6. The zero-order valence-electron chi connectivity index (χ0n) is 42.6. The zero-order chi connectivity index (χ0) is 54.2. The van der Waals surface area contributed by atoms with Gasteiger partial charge in [-0.05, 0) is 90.1 Å². The van der Waals surface area contributed by atoms with Crippen LogP contribution in [0.1, 0.15) is 95.8 Å². The van der Waals surface area contributed by atoms with Gasteiger partial charge in [-0.15, -0.1) is 0 Å². The predicted molar refractivity (Wildman–Crippen MR) is 262 cm³/mol. The lowest BCUT2D eigenvalue weighted by Gasteiger charge is -2.27. The number of aliphatic hydroxyl groups is 1. The van der Waals surface area contributed by atoms with Crippen LogP contribution in [0.3, 0.4) is 0 Å². The average molecular weight is 1010 g/mol. The number of methoxy groups -OCH3 is 4. The fraction of sp³-hybridized carbons (Fsp3) is 0.407. The predicted octanol–water partition coefficient (Wildman–Crippen LogP) is 5.84. The molecular weight excluding hydrogens is 949 g/mol. The SMILES string of the molecule is COC(=O)[C@@H]1[C@@H](CC(=O)OC(C)(C)C)[C@@H](O)CN1C(=O)c1ccccc1.COC(=O)c1ccccc1O.COC(=O)c1ccccc1O[C@@H]1CN(C(=O)c2ccccc2)[C@H](C(=O)OC)[C@H]1CC(=O)OC(C)(C)C. The van der Waals surface area contributed by atoms with Gasteiger partial charge in [-0.25, -0.2) is 19.2 Å². The number of amides is 2. The number of carbonyl (C=O) groups excluding carboxylic acids is 8. The summed E-state index contributed by atoms with van der Waals surface area (Å²) < 4.78 is 36.1. The second-order valence-corrected chi connectivity index (χ2v) is 18.7. The van der Waals surface area contributed by atoms with Crippen molar-refractivity contribution < 1.29 is 81.7 Å². The molecule has 0 saturated carbocycles. The minimum atomic E-state index is -1.11. The van der Waals surface area contributed by atoms with E-state index in [4.69, 9.17) is 33.5 Å². The lowest BCUT2D eigenvalue weighted by Crippen LogP contribution is -2.44. The van der Waals surface area contributed by atoms with Crippen molar-refractivity contribution >= 4 is 47.6 Å². The van der Waals surface area contributed by atoms with Crippen LogP contribution in [0, 0.1) is 11.8 Å². The van der Waals surface area contributed by atoms with Crippen molar-refractivity contribution in [2.24, 2.45) is 11.8 Å². The summed E-state index contributed by atoms with van der Waals surface area (Å²) in [6.45, 7) is 10.4. The number of para-hydroxylation sites is 2. The number of β-amino-alcohol motifs (C(OH)–C–C–N with tert-alkyl or cyclic N) is 1. The molecule has 2 fully saturated rings. The molecule has 392 valence electrons. The maximum absolute atomic E-state index is 13.4. The largest absolute Gasteiger partial charge is 0.507 e. The van der Waals surface area contributed by atoms with E-state index in [2.05, 4.69) is 4.74 Å². The molecule has 0 radical (unpaired) electrons. The van der Waals surface area contributed by atoms with Crippen molar-refractivity contribution in [3.63, 3.8) is 0 Å². The Morgan fingerprint density at radius 3 is 1.37 bits per heavy atom. The van der Waals surface area contributed by atoms with E-state index in [0.717, 1.165) is 0 Å². The van der Waals surface area contributed by atoms with Crippen LogP contribution < -0.4 is 4.74 Å². The first-order chi connectivity index (χ1) is 34.4. The van der Waals surface area contributed by atoms with Gasteiger partial charge in [-0.3, -0.25) is 19.2 Å². The molecule has 0 bridgehead atoms. The van der Waals surface area contributed by atoms with E-state index in [1.165, 1.54) is 50.4 Å². The number of hydrogen-bond donors (Lipinski definition) is 2. The molecular formula is C54H64N2O17. The van der Waals surface area contributed by atoms with Crippen molar-refractivity contribution in [3.8, 4) is 11.5 Å². The molecule has 2 aliphatic rings. The number of aromatic hydroxyl groups is 1. The van der Waals surface area contributed by atoms with Crippen LogP contribution in [0.4, 0.5) is 0 Å². The highest BCUT2D eigenvalue weighted by atomic mass is 16.6. The van der Waals surface area contributed by atoms with E-state index in [-0.39, 0.29) is 48.6 Å². The molecule has 2 heterocycles. The van der Waals surface area contributed by atoms with Crippen LogP contribution in [-0.4, -0.2) is 145 Å². The molecule has 73 heavy (non-hydrogen) atoms. The second kappa shape index (κ2) is 26.1. The van der Waals surface area contributed by atoms with Gasteiger partial charge in [-0.2, -0.15) is 0 Å². The van der Waals surface area contributed by atoms with Gasteiger partial charge in [-0.1, -0.05) is 60.7 Å². The molecule has 19 heteroatoms. The minimum Gasteiger partial charge on any atom is -0.507 e. The standard InChI is InChI=1S/C27H31NO8.C19H25NO6.C8H8O3/c1-27(2,3)36-22(29)15-19-21(35-20-14-10-9-13-18(20)25(31)33-4)16-28(23(19)26(32)34-5)24(30)17-11-7-6-8-12-17;1-19(2,3)26-15(22)10-13-14(21)11-20(16(13)18(24)25-4)17(23)12-8-6-5-7-9-12;1-11-8(10)6-4-2-3-5-7(6)9/h6-14,19,21,23H,15-16H2,1-5H3;5-9,13-14,16,21H,10-11H2,1-4H3;2-5,9H,1H3/t19-,21+,23-;13-,14-,16-;/m00./s1. The number of ether oxygens (including phenoxy) is 7. The quantitative estimate of drug-likeness (QED) is 0.125. The number of rotatable bonds is 12. The third kappa shape index (κ3) is 16.1. The summed E-state index contributed by atoms with van der Waals surface area (Å²) in [7, 11) is 4.96. The highest BCUT2D eigenvalue weighted by Crippen LogP contribution is 2.36. The van der Waals surface area contributed by atoms with Gasteiger partial charge in [0, 0.05) is 29.5 Å². The summed E-state index contributed by atoms with van der Waals surface area (Å²) in [5.74, 6) is -5.80. The number of likely N-dealkylation sites (tertiary alicyclic amines) is 2. The summed E-state index contributed by atoms with van der Waals surface area (Å²) in [5.41, 5.74) is -0.289. The number of aliphatic hydroxyl groups excluding tert-OH is 1. The minimum absolute atomic E-state index is 0.0174. The monoisotopic (exact) mass is 1010 g/mol. The lowest BCUT2D eigenvalue weighted by atomic mass is 9.93. The van der Waals surface area contributed by atoms with Gasteiger partial charge in [0.15, 0.2) is 0 Å². The Balaban J connectivity index is 0.000000270. The Hall–Kier alpha value is -7.80. The fourth-order valence-corrected chi connectivity index (χ4v) is 8.06. The van der Waals surface area contributed by atoms with Crippen molar-refractivity contribution in [3.05, 3.63) is 131 Å². The summed E-state index contributed by atoms with van der Waals surface area (Å²) in [5, 5.41) is 19.5. The summed E-state index contributed by atoms with van der Waals surface area (Å²) in [6.07, 6.45) is -2.24. The van der Waals surface area contributed by atoms with E-state index in [0.29, 0.717) is 11.1 Å². The molecule has 0 spiro atoms. The van der Waals surface area contributed by atoms with Crippen LogP contribution in [0.2, 0.25) is 0 Å². The Bertz CT molecular complexity index is 2550. The van der Waals surface area contributed by atoms with E-state index >= 15 is 0 Å². The summed E-state index contributed by atoms with van der Waals surface area (Å²) in [6, 6.07) is 27.5. The van der Waals surface area contributed by atoms with Crippen LogP contribution in [-0.2, 0) is 47.6 Å². The maximum atomic E-state index is 13.4. The van der Waals surface area contributed by atoms with E-state index in [1.54, 1.807) is 139 Å². The number of carbonyl (C=O) groups is 8. The van der Waals surface area contributed by atoms with Crippen molar-refractivity contribution in [1.29, 1.82) is 0 Å². The Morgan fingerprint density at radius 1 is 0.521 bits per heavy atom. The molecule has 2 amide bonds. The molecule has 0 aromatic heterocycles. The Kier molecular flexibility index (Phi) is 20.6. The molecule has 4 aromatic rings. The fourth-order valence-electron chi connectivity index (χ4n) is 8.06. The highest BCUT2D eigenvalue weighted by Gasteiger charge is 2.52. The highest BCUT2D eigenvalue weighted by molar-refractivity contribution is 5.99. The van der Waals surface area contributed by atoms with E-state index in [1.807, 2.05) is 0 Å². The van der Waals surface area contributed by atoms with Gasteiger partial charge in [0.05, 0.1) is 53.9 Å². The molecule has 2 N–H and O–H groups in total. The zero-order valence-corrected chi connectivity index (χ0v) is 42.6. The molecule has 4 aromatic carbocycles. The molecule has 0 unspecified atom stereocenters. The van der Waals surface area contributed by atoms with E-state index < -0.39 is 95.0 Å². The first-order valence-corrected chi connectivity index (χ1v) is 23.1. The first kappa shape index (κ1) is 57.8. The number of nitrogens with zero attached hydrogens (tertiary/aromatic N) is 2. The normalized spacial score (nSPS) is 19.1. The smallest absolute Gasteiger partial charge is 0.341 e. The summed E-state index contributed by atoms with van der Waals surface area (Å²) >= 11 is 0. The number of phenolic OH excluding ortho intramolecular Hbond substituents is 1. The van der Waals surface area contributed by atoms with Crippen LogP contribution in [0.15, 0.2) is 109 Å². The topological polar surface area (TPSA) is 248 Å². The number of hydrogen-bond acceptors (Lipinski definition) is 17. The molecule has 2 aliphatic heterocycles. The molecule has 6 rings (SSSR count). The van der Waals surface area contributed by atoms with E-state index in [9.17, 15) is 43.5 Å². The molecule has 0 aliphatic carbocycles. The van der Waals surface area contributed by atoms with Gasteiger partial charge in [0.25, 0.3) is 11.8 Å². The number of phenols is 1. The molecule has 19 nitrogen and oxygen atoms in total. The van der Waals surface area contributed by atoms with Gasteiger partial charge < -0.3 is 53.2 Å². The summed E-state index contributed by atoms with van der Waals surface area (Å²) in [4.78, 5) is 102. The van der Waals surface area contributed by atoms with Gasteiger partial charge in [0.1, 0.15) is 52.0 Å². The lowest BCUT2D eigenvalue weighted by molar-refractivity contribution is -0.159. The molecule has 2 saturated heterocycles.